The van der Waals surface area contributed by atoms with Gasteiger partial charge in [0.25, 0.3) is 0 Å². The molecule has 1 fully saturated rings. The summed E-state index contributed by atoms with van der Waals surface area (Å²) in [6.07, 6.45) is 44.6. The van der Waals surface area contributed by atoms with Crippen LogP contribution >= 0.6 is 7.82 Å². The number of aliphatic hydroxyl groups excluding tert-OH is 2. The van der Waals surface area contributed by atoms with Crippen LogP contribution in [-0.4, -0.2) is 77.9 Å². The minimum absolute atomic E-state index is 0.152. The van der Waals surface area contributed by atoms with Crippen molar-refractivity contribution in [3.05, 3.63) is 72.9 Å². The Balaban J connectivity index is 2.28. The summed E-state index contributed by atoms with van der Waals surface area (Å²) in [5.41, 5.74) is 0. The molecular formula is C46H77O11P. The van der Waals surface area contributed by atoms with Gasteiger partial charge in [-0.05, 0) is 83.5 Å². The van der Waals surface area contributed by atoms with E-state index in [9.17, 15) is 24.2 Å². The van der Waals surface area contributed by atoms with Crippen LogP contribution in [-0.2, 0) is 37.4 Å². The first-order chi connectivity index (χ1) is 28.2. The minimum Gasteiger partial charge on any atom is -0.462 e. The second-order valence-electron chi connectivity index (χ2n) is 14.7. The molecule has 1 aliphatic heterocycles. The SMILES string of the molecule is CC/C=C\C/C=C\C/C=C\C/C=C\C/C=C\CCCCCC(=O)OC[C@H](COP(=O)(O)OC[C@@H](O)CO)OC(=O)CCCCCCC/C=C\CC1OC1CCCCC. The third kappa shape index (κ3) is 34.3. The average Bonchev–Trinajstić information content (AvgIpc) is 3.97. The van der Waals surface area contributed by atoms with Crippen molar-refractivity contribution in [1.29, 1.82) is 0 Å². The number of epoxide rings is 1. The molecule has 12 heteroatoms. The second kappa shape index (κ2) is 37.4. The number of hydrogen-bond acceptors (Lipinski definition) is 10. The van der Waals surface area contributed by atoms with E-state index in [2.05, 4.69) is 91.3 Å². The fraction of sp³-hybridized carbons (Fsp3) is 0.696. The lowest BCUT2D eigenvalue weighted by atomic mass is 10.1. The molecule has 0 radical (unpaired) electrons. The van der Waals surface area contributed by atoms with E-state index in [1.54, 1.807) is 0 Å². The van der Waals surface area contributed by atoms with Crippen LogP contribution < -0.4 is 0 Å². The maximum Gasteiger partial charge on any atom is 0.472 e. The molecule has 0 bridgehead atoms. The Kier molecular flexibility index (Phi) is 34.4. The first-order valence-corrected chi connectivity index (χ1v) is 23.5. The van der Waals surface area contributed by atoms with Crippen molar-refractivity contribution in [2.24, 2.45) is 0 Å². The quantitative estimate of drug-likeness (QED) is 0.0178. The van der Waals surface area contributed by atoms with Crippen LogP contribution in [0.2, 0.25) is 0 Å². The Hall–Kier alpha value is -2.63. The van der Waals surface area contributed by atoms with Crippen LogP contribution in [0, 0.1) is 0 Å². The molecule has 0 aliphatic carbocycles. The van der Waals surface area contributed by atoms with Gasteiger partial charge in [0.1, 0.15) is 12.7 Å². The number of aliphatic hydroxyl groups is 2. The third-order valence-electron chi connectivity index (χ3n) is 9.27. The number of carbonyl (C=O) groups is 2. The number of rotatable bonds is 39. The fourth-order valence-electron chi connectivity index (χ4n) is 5.79. The molecule has 5 atom stereocenters. The summed E-state index contributed by atoms with van der Waals surface area (Å²) in [5, 5.41) is 18.3. The highest BCUT2D eigenvalue weighted by molar-refractivity contribution is 7.47. The maximum absolute atomic E-state index is 12.6. The molecular weight excluding hydrogens is 759 g/mol. The van der Waals surface area contributed by atoms with Crippen LogP contribution in [0.15, 0.2) is 72.9 Å². The van der Waals surface area contributed by atoms with E-state index in [4.69, 9.17) is 23.8 Å². The smallest absolute Gasteiger partial charge is 0.462 e. The summed E-state index contributed by atoms with van der Waals surface area (Å²) >= 11 is 0. The van der Waals surface area contributed by atoms with Gasteiger partial charge in [-0.15, -0.1) is 0 Å². The first kappa shape index (κ1) is 53.4. The third-order valence-corrected chi connectivity index (χ3v) is 10.2. The van der Waals surface area contributed by atoms with E-state index in [-0.39, 0.29) is 19.4 Å². The Morgan fingerprint density at radius 1 is 0.638 bits per heavy atom. The van der Waals surface area contributed by atoms with E-state index >= 15 is 0 Å². The maximum atomic E-state index is 12.6. The zero-order chi connectivity index (χ0) is 42.4. The molecule has 1 rings (SSSR count). The molecule has 1 heterocycles. The lowest BCUT2D eigenvalue weighted by Crippen LogP contribution is -2.29. The van der Waals surface area contributed by atoms with Gasteiger partial charge in [0.2, 0.25) is 0 Å². The minimum atomic E-state index is -4.64. The highest BCUT2D eigenvalue weighted by atomic mass is 31.2. The Morgan fingerprint density at radius 2 is 1.17 bits per heavy atom. The van der Waals surface area contributed by atoms with Crippen molar-refractivity contribution in [2.45, 2.75) is 180 Å². The van der Waals surface area contributed by atoms with Crippen molar-refractivity contribution in [3.63, 3.8) is 0 Å². The second-order valence-corrected chi connectivity index (χ2v) is 16.2. The van der Waals surface area contributed by atoms with Crippen LogP contribution in [0.3, 0.4) is 0 Å². The highest BCUT2D eigenvalue weighted by Crippen LogP contribution is 2.43. The number of ether oxygens (including phenoxy) is 3. The lowest BCUT2D eigenvalue weighted by molar-refractivity contribution is -0.161. The van der Waals surface area contributed by atoms with Gasteiger partial charge in [0.15, 0.2) is 6.10 Å². The van der Waals surface area contributed by atoms with Gasteiger partial charge in [-0.1, -0.05) is 132 Å². The molecule has 58 heavy (non-hydrogen) atoms. The molecule has 0 spiro atoms. The summed E-state index contributed by atoms with van der Waals surface area (Å²) in [7, 11) is -4.64. The molecule has 0 aromatic heterocycles. The Bertz CT molecular complexity index is 1260. The number of esters is 2. The normalized spacial score (nSPS) is 18.0. The molecule has 11 nitrogen and oxygen atoms in total. The number of allylic oxidation sites excluding steroid dienone is 11. The van der Waals surface area contributed by atoms with Crippen molar-refractivity contribution in [3.8, 4) is 0 Å². The Morgan fingerprint density at radius 3 is 1.79 bits per heavy atom. The summed E-state index contributed by atoms with van der Waals surface area (Å²) in [5.74, 6) is -0.991. The van der Waals surface area contributed by atoms with Crippen molar-refractivity contribution in [2.75, 3.05) is 26.4 Å². The zero-order valence-electron chi connectivity index (χ0n) is 35.7. The van der Waals surface area contributed by atoms with E-state index in [0.29, 0.717) is 25.0 Å². The summed E-state index contributed by atoms with van der Waals surface area (Å²) in [4.78, 5) is 35.0. The van der Waals surface area contributed by atoms with Gasteiger partial charge in [-0.2, -0.15) is 0 Å². The van der Waals surface area contributed by atoms with Gasteiger partial charge in [0, 0.05) is 12.8 Å². The summed E-state index contributed by atoms with van der Waals surface area (Å²) in [6.45, 7) is 2.16. The molecule has 0 amide bonds. The van der Waals surface area contributed by atoms with Gasteiger partial charge in [-0.25, -0.2) is 4.57 Å². The molecule has 0 saturated carbocycles. The molecule has 1 saturated heterocycles. The van der Waals surface area contributed by atoms with Crippen molar-refractivity contribution >= 4 is 19.8 Å². The van der Waals surface area contributed by atoms with Crippen LogP contribution in [0.25, 0.3) is 0 Å². The van der Waals surface area contributed by atoms with Crippen molar-refractivity contribution in [1.82, 2.24) is 0 Å². The van der Waals surface area contributed by atoms with Gasteiger partial charge < -0.3 is 29.3 Å². The van der Waals surface area contributed by atoms with Crippen LogP contribution in [0.5, 0.6) is 0 Å². The van der Waals surface area contributed by atoms with Crippen molar-refractivity contribution < 1.29 is 52.5 Å². The Labute approximate surface area is 350 Å². The zero-order valence-corrected chi connectivity index (χ0v) is 36.6. The van der Waals surface area contributed by atoms with E-state index in [1.165, 1.54) is 25.7 Å². The molecule has 3 unspecified atom stereocenters. The summed E-state index contributed by atoms with van der Waals surface area (Å²) in [6, 6.07) is 0. The monoisotopic (exact) mass is 837 g/mol. The van der Waals surface area contributed by atoms with E-state index < -0.39 is 51.8 Å². The molecule has 0 aromatic rings. The predicted octanol–water partition coefficient (Wildman–Crippen LogP) is 10.7. The molecule has 1 aliphatic rings. The van der Waals surface area contributed by atoms with Gasteiger partial charge >= 0.3 is 19.8 Å². The molecule has 332 valence electrons. The number of hydrogen-bond donors (Lipinski definition) is 3. The van der Waals surface area contributed by atoms with Gasteiger partial charge in [-0.3, -0.25) is 18.6 Å². The number of carbonyl (C=O) groups excluding carboxylic acids is 2. The fourth-order valence-corrected chi connectivity index (χ4v) is 6.58. The number of unbranched alkanes of at least 4 members (excludes halogenated alkanes) is 10. The number of phosphoric ester groups is 1. The standard InChI is InChI=1S/C46H77O11P/c1-3-5-7-8-9-10-11-12-13-14-15-16-17-18-19-20-24-27-31-35-45(49)53-39-42(40-55-58(51,52)54-38-41(48)37-47)56-46(50)36-32-28-25-22-21-23-26-30-34-44-43(57-44)33-29-6-4-2/h5,7,9-10,12-13,15-16,18-19,26,30,41-44,47-48H,3-4,6,8,11,14,17,20-25,27-29,31-40H2,1-2H3,(H,51,52)/b7-5-,10-9-,13-12-,16-15-,19-18-,30-26-/t41-,42+,43?,44?/m0/s1. The van der Waals surface area contributed by atoms with Gasteiger partial charge in [0.05, 0.1) is 32.0 Å². The van der Waals surface area contributed by atoms with Crippen LogP contribution in [0.1, 0.15) is 155 Å². The predicted molar refractivity (Wildman–Crippen MR) is 232 cm³/mol. The topological polar surface area (TPSA) is 161 Å². The van der Waals surface area contributed by atoms with E-state index in [1.807, 2.05) is 0 Å². The molecule has 3 N–H and O–H groups in total. The average molecular weight is 837 g/mol. The first-order valence-electron chi connectivity index (χ1n) is 22.0. The molecule has 0 aromatic carbocycles. The highest BCUT2D eigenvalue weighted by Gasteiger charge is 2.36. The number of phosphoric acid groups is 1. The van der Waals surface area contributed by atoms with E-state index in [0.717, 1.165) is 89.9 Å². The largest absolute Gasteiger partial charge is 0.472 e. The summed E-state index contributed by atoms with van der Waals surface area (Å²) < 4.78 is 38.4. The lowest BCUT2D eigenvalue weighted by Gasteiger charge is -2.20. The van der Waals surface area contributed by atoms with Crippen LogP contribution in [0.4, 0.5) is 0 Å².